The lowest BCUT2D eigenvalue weighted by atomic mass is 10.0. The average molecular weight is 416 g/mol. The van der Waals surface area contributed by atoms with Crippen molar-refractivity contribution in [2.24, 2.45) is 5.73 Å². The molecule has 0 radical (unpaired) electrons. The molecule has 0 aromatic heterocycles. The second-order valence-corrected chi connectivity index (χ2v) is 6.46. The van der Waals surface area contributed by atoms with E-state index in [1.807, 2.05) is 0 Å². The van der Waals surface area contributed by atoms with E-state index >= 15 is 0 Å². The van der Waals surface area contributed by atoms with Crippen LogP contribution in [0.2, 0.25) is 0 Å². The first-order valence-electron chi connectivity index (χ1n) is 8.95. The molecule has 2 rings (SSSR count). The van der Waals surface area contributed by atoms with Crippen molar-refractivity contribution in [3.8, 4) is 0 Å². The van der Waals surface area contributed by atoms with Gasteiger partial charge in [0.2, 0.25) is 11.8 Å². The maximum Gasteiger partial charge on any atom is 0.335 e. The minimum Gasteiger partial charge on any atom is -0.354 e. The van der Waals surface area contributed by atoms with Crippen molar-refractivity contribution in [2.75, 3.05) is 32.7 Å². The molecule has 10 nitrogen and oxygen atoms in total. The third-order valence-corrected chi connectivity index (χ3v) is 4.59. The number of rotatable bonds is 8. The molecule has 0 aromatic rings. The van der Waals surface area contributed by atoms with E-state index in [1.165, 1.54) is 6.08 Å². The highest BCUT2D eigenvalue weighted by molar-refractivity contribution is 6.45. The molecule has 0 bridgehead atoms. The Morgan fingerprint density at radius 2 is 1.86 bits per heavy atom. The summed E-state index contributed by atoms with van der Waals surface area (Å²) in [7, 11) is 0. The summed E-state index contributed by atoms with van der Waals surface area (Å²) in [5.74, 6) is -2.59. The van der Waals surface area contributed by atoms with Gasteiger partial charge in [-0.05, 0) is 19.3 Å². The van der Waals surface area contributed by atoms with Gasteiger partial charge >= 0.3 is 17.8 Å². The molecule has 2 aliphatic rings. The fourth-order valence-electron chi connectivity index (χ4n) is 3.20. The Balaban J connectivity index is 0.00000392. The van der Waals surface area contributed by atoms with Gasteiger partial charge in [0.1, 0.15) is 6.54 Å². The van der Waals surface area contributed by atoms with Crippen molar-refractivity contribution >= 4 is 42.1 Å². The monoisotopic (exact) mass is 415 g/mol. The number of imide groups is 2. The van der Waals surface area contributed by atoms with Crippen LogP contribution in [0.25, 0.3) is 0 Å². The number of hydrogen-bond acceptors (Lipinski definition) is 6. The zero-order valence-electron chi connectivity index (χ0n) is 15.6. The number of piperidine rings is 1. The normalized spacial score (nSPS) is 19.5. The Hall–Kier alpha value is -2.46. The lowest BCUT2D eigenvalue weighted by molar-refractivity contribution is -0.145. The Kier molecular flexibility index (Phi) is 9.07. The molecule has 28 heavy (non-hydrogen) atoms. The first kappa shape index (κ1) is 23.6. The van der Waals surface area contributed by atoms with E-state index in [4.69, 9.17) is 5.73 Å². The maximum absolute atomic E-state index is 12.7. The molecule has 6 amide bonds. The van der Waals surface area contributed by atoms with E-state index in [0.717, 1.165) is 17.7 Å². The molecule has 0 spiro atoms. The number of hydrogen-bond donors (Lipinski definition) is 2. The predicted octanol–water partition coefficient (Wildman–Crippen LogP) is -0.769. The van der Waals surface area contributed by atoms with Crippen LogP contribution in [-0.2, 0) is 19.2 Å². The van der Waals surface area contributed by atoms with Crippen LogP contribution >= 0.6 is 12.4 Å². The molecule has 1 unspecified atom stereocenters. The van der Waals surface area contributed by atoms with Crippen LogP contribution in [0.1, 0.15) is 25.7 Å². The Morgan fingerprint density at radius 1 is 1.18 bits per heavy atom. The summed E-state index contributed by atoms with van der Waals surface area (Å²) in [6, 6.07) is -1.04. The number of nitrogens with two attached hydrogens (primary N) is 1. The third kappa shape index (κ3) is 5.29. The van der Waals surface area contributed by atoms with Crippen molar-refractivity contribution in [3.05, 3.63) is 12.7 Å². The van der Waals surface area contributed by atoms with Crippen LogP contribution in [0.3, 0.4) is 0 Å². The number of amides is 6. The number of nitrogens with zero attached hydrogens (tertiary/aromatic N) is 3. The van der Waals surface area contributed by atoms with Crippen molar-refractivity contribution < 1.29 is 24.0 Å². The van der Waals surface area contributed by atoms with Gasteiger partial charge in [-0.15, -0.1) is 19.0 Å². The van der Waals surface area contributed by atoms with E-state index in [0.29, 0.717) is 17.9 Å². The van der Waals surface area contributed by atoms with Crippen LogP contribution in [0, 0.1) is 0 Å². The van der Waals surface area contributed by atoms with Gasteiger partial charge in [0.05, 0.1) is 0 Å². The largest absolute Gasteiger partial charge is 0.354 e. The molecular weight excluding hydrogens is 390 g/mol. The standard InChI is InChI=1S/C17H25N5O5.ClH/c1-2-8-21-15(25)16(26)22(17(21)27)11-14(24)20-9-4-3-5-12(20)10-19-13(23)6-7-18;/h2,12H,1,3-11,18H2,(H,19,23);1H. The molecule has 3 N–H and O–H groups in total. The van der Waals surface area contributed by atoms with Gasteiger partial charge in [-0.1, -0.05) is 6.08 Å². The zero-order valence-corrected chi connectivity index (χ0v) is 16.4. The topological polar surface area (TPSA) is 133 Å². The SMILES string of the molecule is C=CCN1C(=O)C(=O)N(CC(=O)N2CCCCC2CNC(=O)CCN)C1=O.Cl. The van der Waals surface area contributed by atoms with Gasteiger partial charge in [0.25, 0.3) is 0 Å². The molecule has 2 heterocycles. The molecule has 0 saturated carbocycles. The van der Waals surface area contributed by atoms with Gasteiger partial charge < -0.3 is 16.0 Å². The second-order valence-electron chi connectivity index (χ2n) is 6.46. The van der Waals surface area contributed by atoms with Crippen LogP contribution in [0.5, 0.6) is 0 Å². The van der Waals surface area contributed by atoms with Crippen LogP contribution in [0.15, 0.2) is 12.7 Å². The molecule has 1 atom stereocenters. The van der Waals surface area contributed by atoms with Gasteiger partial charge in [0, 0.05) is 38.6 Å². The number of halogens is 1. The summed E-state index contributed by atoms with van der Waals surface area (Å²) < 4.78 is 0. The molecule has 2 fully saturated rings. The highest BCUT2D eigenvalue weighted by Gasteiger charge is 2.45. The predicted molar refractivity (Wildman–Crippen MR) is 102 cm³/mol. The van der Waals surface area contributed by atoms with Gasteiger partial charge in [-0.3, -0.25) is 24.1 Å². The summed E-state index contributed by atoms with van der Waals surface area (Å²) in [6.45, 7) is 3.85. The quantitative estimate of drug-likeness (QED) is 0.304. The van der Waals surface area contributed by atoms with E-state index in [9.17, 15) is 24.0 Å². The third-order valence-electron chi connectivity index (χ3n) is 4.59. The number of nitrogens with one attached hydrogen (secondary N) is 1. The van der Waals surface area contributed by atoms with E-state index in [1.54, 1.807) is 4.90 Å². The van der Waals surface area contributed by atoms with Crippen molar-refractivity contribution in [2.45, 2.75) is 31.7 Å². The fourth-order valence-corrected chi connectivity index (χ4v) is 3.20. The smallest absolute Gasteiger partial charge is 0.335 e. The number of carbonyl (C=O) groups excluding carboxylic acids is 5. The number of urea groups is 1. The summed E-state index contributed by atoms with van der Waals surface area (Å²) in [6.07, 6.45) is 3.95. The van der Waals surface area contributed by atoms with Crippen molar-refractivity contribution in [3.63, 3.8) is 0 Å². The fraction of sp³-hybridized carbons (Fsp3) is 0.588. The molecule has 0 aliphatic carbocycles. The van der Waals surface area contributed by atoms with Crippen LogP contribution < -0.4 is 11.1 Å². The Labute approximate surface area is 169 Å². The van der Waals surface area contributed by atoms with Gasteiger partial charge in [-0.2, -0.15) is 0 Å². The van der Waals surface area contributed by atoms with E-state index < -0.39 is 30.3 Å². The summed E-state index contributed by atoms with van der Waals surface area (Å²) in [4.78, 5) is 63.4. The lowest BCUT2D eigenvalue weighted by Crippen LogP contribution is -2.53. The van der Waals surface area contributed by atoms with Crippen LogP contribution in [0.4, 0.5) is 4.79 Å². The maximum atomic E-state index is 12.7. The molecule has 2 saturated heterocycles. The van der Waals surface area contributed by atoms with E-state index in [2.05, 4.69) is 11.9 Å². The zero-order chi connectivity index (χ0) is 20.0. The van der Waals surface area contributed by atoms with Crippen molar-refractivity contribution in [1.29, 1.82) is 0 Å². The Bertz CT molecular complexity index is 656. The lowest BCUT2D eigenvalue weighted by Gasteiger charge is -2.36. The summed E-state index contributed by atoms with van der Waals surface area (Å²) in [5.41, 5.74) is 5.34. The average Bonchev–Trinajstić information content (AvgIpc) is 2.85. The summed E-state index contributed by atoms with van der Waals surface area (Å²) in [5, 5.41) is 2.75. The van der Waals surface area contributed by atoms with Gasteiger partial charge in [0.15, 0.2) is 0 Å². The summed E-state index contributed by atoms with van der Waals surface area (Å²) >= 11 is 0. The molecule has 11 heteroatoms. The minimum absolute atomic E-state index is 0. The first-order chi connectivity index (χ1) is 12.9. The first-order valence-corrected chi connectivity index (χ1v) is 8.95. The highest BCUT2D eigenvalue weighted by atomic mass is 35.5. The van der Waals surface area contributed by atoms with Crippen LogP contribution in [-0.4, -0.2) is 83.1 Å². The molecule has 2 aliphatic heterocycles. The van der Waals surface area contributed by atoms with Crippen molar-refractivity contribution in [1.82, 2.24) is 20.0 Å². The van der Waals surface area contributed by atoms with Gasteiger partial charge in [-0.25, -0.2) is 9.69 Å². The highest BCUT2D eigenvalue weighted by Crippen LogP contribution is 2.18. The minimum atomic E-state index is -1.01. The number of carbonyl (C=O) groups is 5. The number of likely N-dealkylation sites (tertiary alicyclic amines) is 1. The Morgan fingerprint density at radius 3 is 2.50 bits per heavy atom. The molecule has 156 valence electrons. The molecular formula is C17H26ClN5O5. The van der Waals surface area contributed by atoms with E-state index in [-0.39, 0.29) is 50.4 Å². The molecule has 0 aromatic carbocycles. The second kappa shape index (κ2) is 10.8.